The van der Waals surface area contributed by atoms with Crippen LogP contribution in [0.4, 0.5) is 21.9 Å². The SMILES string of the molecule is CC(C)C(NC(=O)CCCCCN1C(=O)C=CC1=O)C(=O)NC(CCCNC(N)=O)C(=O)Nc1ccc(COc2cc3c(c4ccccc24)[C@H](CCl)CN3C(=O)CCCC(=O)N2CC(CCl)c3c2cc(OP(=O)(O)O)c2ccccc32)cc1. The van der Waals surface area contributed by atoms with Gasteiger partial charge in [-0.1, -0.05) is 80.9 Å². The van der Waals surface area contributed by atoms with Gasteiger partial charge in [0, 0.05) is 110 Å². The van der Waals surface area contributed by atoms with Crippen LogP contribution in [0.2, 0.25) is 0 Å². The summed E-state index contributed by atoms with van der Waals surface area (Å²) in [5.41, 5.74) is 9.19. The smallest absolute Gasteiger partial charge is 0.488 e. The van der Waals surface area contributed by atoms with E-state index in [1.807, 2.05) is 30.3 Å². The van der Waals surface area contributed by atoms with Crippen LogP contribution in [0.5, 0.6) is 11.5 Å². The van der Waals surface area contributed by atoms with Gasteiger partial charge in [0.1, 0.15) is 30.2 Å². The molecular weight excluding hydrogens is 1130 g/mol. The van der Waals surface area contributed by atoms with Crippen LogP contribution in [0.15, 0.2) is 97.1 Å². The van der Waals surface area contributed by atoms with Crippen molar-refractivity contribution >= 4 is 117 Å². The Bertz CT molecular complexity index is 3360. The molecule has 0 radical (unpaired) electrons. The first-order valence-electron chi connectivity index (χ1n) is 27.5. The topological polar surface area (TPSA) is 296 Å². The Morgan fingerprint density at radius 3 is 1.80 bits per heavy atom. The van der Waals surface area contributed by atoms with Crippen molar-refractivity contribution < 1.29 is 62.0 Å². The number of nitrogens with two attached hydrogens (primary N) is 1. The molecule has 0 saturated heterocycles. The lowest BCUT2D eigenvalue weighted by molar-refractivity contribution is -0.137. The van der Waals surface area contributed by atoms with E-state index in [2.05, 4.69) is 21.3 Å². The zero-order valence-corrected chi connectivity index (χ0v) is 48.4. The van der Waals surface area contributed by atoms with Crippen molar-refractivity contribution in [2.75, 3.05) is 53.1 Å². The van der Waals surface area contributed by atoms with Gasteiger partial charge in [0.2, 0.25) is 29.5 Å². The molecule has 0 bridgehead atoms. The minimum atomic E-state index is -4.95. The van der Waals surface area contributed by atoms with E-state index in [1.165, 1.54) is 18.2 Å². The Morgan fingerprint density at radius 1 is 0.699 bits per heavy atom. The van der Waals surface area contributed by atoms with E-state index < -0.39 is 37.8 Å². The number of carbonyl (C=O) groups is 8. The zero-order chi connectivity index (χ0) is 59.5. The summed E-state index contributed by atoms with van der Waals surface area (Å²) in [6.45, 7) is 4.58. The monoisotopic (exact) mass is 1200 g/mol. The minimum Gasteiger partial charge on any atom is -0.488 e. The van der Waals surface area contributed by atoms with Crippen molar-refractivity contribution in [3.05, 3.63) is 114 Å². The van der Waals surface area contributed by atoms with Crippen molar-refractivity contribution in [1.29, 1.82) is 0 Å². The van der Waals surface area contributed by atoms with E-state index in [0.717, 1.165) is 32.4 Å². The van der Waals surface area contributed by atoms with Crippen molar-refractivity contribution in [3.8, 4) is 11.5 Å². The maximum absolute atomic E-state index is 14.2. The lowest BCUT2D eigenvalue weighted by Gasteiger charge is -2.25. The van der Waals surface area contributed by atoms with Gasteiger partial charge in [-0.05, 0) is 77.6 Å². The molecule has 440 valence electrons. The average molecular weight is 1200 g/mol. The standard InChI is InChI=1S/C59H67Cl2N8O13P/c1-35(2)56(66-49(70)17-4-3-9-27-67-52(73)24-25-53(67)74)58(76)65-44(16-11-26-63-59(62)77)57(75)64-39-22-20-36(21-23-39)34-81-47-28-45-54(42-14-7-5-12-40(42)47)37(30-60)32-68(45)50(71)18-10-19-51(72)69-33-38(31-61)55-43-15-8-6-13-41(43)48(29-46(55)69)82-83(78,79)80/h5-8,12-15,20-25,28-29,35,37-38,44,56H,3-4,9-11,16-19,26-27,30-34H2,1-2H3,(H,64,75)(H,65,76)(H,66,70)(H3,62,63,77)(H2,78,79,80)/t37-,38?,44?,56?/m1/s1. The van der Waals surface area contributed by atoms with E-state index in [1.54, 1.807) is 72.2 Å². The molecule has 8 N–H and O–H groups in total. The molecule has 0 aliphatic carbocycles. The summed E-state index contributed by atoms with van der Waals surface area (Å²) < 4.78 is 23.5. The Balaban J connectivity index is 0.889. The van der Waals surface area contributed by atoms with Crippen LogP contribution in [-0.2, 0) is 44.7 Å². The van der Waals surface area contributed by atoms with Gasteiger partial charge in [0.15, 0.2) is 0 Å². The highest BCUT2D eigenvalue weighted by atomic mass is 35.5. The number of nitrogens with one attached hydrogen (secondary N) is 4. The van der Waals surface area contributed by atoms with Crippen molar-refractivity contribution in [3.63, 3.8) is 0 Å². The number of amides is 9. The first kappa shape index (κ1) is 61.5. The Morgan fingerprint density at radius 2 is 1.25 bits per heavy atom. The molecule has 21 nitrogen and oxygen atoms in total. The number of urea groups is 1. The van der Waals surface area contributed by atoms with Gasteiger partial charge in [0.25, 0.3) is 11.8 Å². The number of nitrogens with zero attached hydrogens (tertiary/aromatic N) is 3. The van der Waals surface area contributed by atoms with Crippen LogP contribution >= 0.6 is 31.0 Å². The second kappa shape index (κ2) is 27.7. The van der Waals surface area contributed by atoms with E-state index >= 15 is 0 Å². The minimum absolute atomic E-state index is 0.00225. The first-order valence-corrected chi connectivity index (χ1v) is 30.1. The number of anilines is 3. The second-order valence-corrected chi connectivity index (χ2v) is 22.9. The molecule has 3 aliphatic rings. The van der Waals surface area contributed by atoms with Gasteiger partial charge in [-0.2, -0.15) is 0 Å². The van der Waals surface area contributed by atoms with Crippen molar-refractivity contribution in [2.45, 2.75) is 102 Å². The summed E-state index contributed by atoms with van der Waals surface area (Å²) in [4.78, 5) is 128. The molecule has 3 aliphatic heterocycles. The Kier molecular flexibility index (Phi) is 20.5. The number of unbranched alkanes of at least 4 members (excludes halogenated alkanes) is 2. The molecule has 24 heteroatoms. The summed E-state index contributed by atoms with van der Waals surface area (Å²) in [7, 11) is -4.95. The predicted octanol–water partition coefficient (Wildman–Crippen LogP) is 7.75. The summed E-state index contributed by atoms with van der Waals surface area (Å²) in [6, 6.07) is 22.1. The Hall–Kier alpha value is -7.55. The quantitative estimate of drug-likeness (QED) is 0.0115. The highest BCUT2D eigenvalue weighted by Crippen LogP contribution is 2.50. The number of rotatable bonds is 27. The van der Waals surface area contributed by atoms with Gasteiger partial charge in [-0.3, -0.25) is 48.2 Å². The zero-order valence-electron chi connectivity index (χ0n) is 45.9. The number of ether oxygens (including phenoxy) is 1. The molecule has 0 spiro atoms. The van der Waals surface area contributed by atoms with E-state index in [-0.39, 0.29) is 130 Å². The van der Waals surface area contributed by atoms with Crippen LogP contribution in [-0.4, -0.2) is 112 Å². The predicted molar refractivity (Wildman–Crippen MR) is 315 cm³/mol. The molecule has 3 heterocycles. The lowest BCUT2D eigenvalue weighted by Crippen LogP contribution is -2.54. The van der Waals surface area contributed by atoms with Crippen molar-refractivity contribution in [1.82, 2.24) is 20.9 Å². The molecule has 8 rings (SSSR count). The number of alkyl halides is 2. The third-order valence-corrected chi connectivity index (χ3v) is 16.1. The number of fused-ring (bicyclic) bond motifs is 6. The van der Waals surface area contributed by atoms with Gasteiger partial charge < -0.3 is 46.1 Å². The molecule has 5 aromatic rings. The third-order valence-electron chi connectivity index (χ3n) is 14.9. The number of primary amides is 1. The van der Waals surface area contributed by atoms with Crippen LogP contribution in [0, 0.1) is 5.92 Å². The molecule has 9 amide bonds. The molecule has 0 aromatic heterocycles. The number of phosphoric ester groups is 1. The number of phosphoric acid groups is 1. The largest absolute Gasteiger partial charge is 0.524 e. The molecule has 5 aromatic carbocycles. The highest BCUT2D eigenvalue weighted by molar-refractivity contribution is 7.46. The highest BCUT2D eigenvalue weighted by Gasteiger charge is 2.38. The van der Waals surface area contributed by atoms with Crippen LogP contribution in [0.1, 0.15) is 100 Å². The fraction of sp³-hybridized carbons (Fsp3) is 0.390. The van der Waals surface area contributed by atoms with Gasteiger partial charge in [-0.15, -0.1) is 23.2 Å². The third kappa shape index (κ3) is 15.2. The summed E-state index contributed by atoms with van der Waals surface area (Å²) >= 11 is 13.0. The van der Waals surface area contributed by atoms with Crippen LogP contribution in [0.3, 0.4) is 0 Å². The van der Waals surface area contributed by atoms with Gasteiger partial charge in [-0.25, -0.2) is 9.36 Å². The lowest BCUT2D eigenvalue weighted by atomic mass is 9.95. The number of hydrogen-bond acceptors (Lipinski definition) is 11. The first-order chi connectivity index (χ1) is 39.7. The average Bonchev–Trinajstić information content (AvgIpc) is 3.65. The fourth-order valence-electron chi connectivity index (χ4n) is 10.8. The number of benzene rings is 5. The van der Waals surface area contributed by atoms with Gasteiger partial charge in [0.05, 0.1) is 11.4 Å². The molecular formula is C59H67Cl2N8O13P. The van der Waals surface area contributed by atoms with Gasteiger partial charge >= 0.3 is 13.9 Å². The van der Waals surface area contributed by atoms with E-state index in [9.17, 15) is 52.7 Å². The number of carbonyl (C=O) groups excluding carboxylic acids is 8. The summed E-state index contributed by atoms with van der Waals surface area (Å²) in [5, 5.41) is 13.7. The van der Waals surface area contributed by atoms with Crippen LogP contribution in [0.25, 0.3) is 21.5 Å². The summed E-state index contributed by atoms with van der Waals surface area (Å²) in [5.74, 6) is -2.61. The number of halogens is 2. The molecule has 0 saturated carbocycles. The Labute approximate surface area is 489 Å². The molecule has 3 unspecified atom stereocenters. The maximum atomic E-state index is 14.2. The molecule has 0 fully saturated rings. The van der Waals surface area contributed by atoms with E-state index in [0.29, 0.717) is 59.4 Å². The number of imide groups is 1. The summed E-state index contributed by atoms with van der Waals surface area (Å²) in [6.07, 6.45) is 4.74. The van der Waals surface area contributed by atoms with Crippen LogP contribution < -0.4 is 46.1 Å². The van der Waals surface area contributed by atoms with Crippen molar-refractivity contribution in [2.24, 2.45) is 11.7 Å². The van der Waals surface area contributed by atoms with E-state index in [4.69, 9.17) is 38.2 Å². The molecule has 4 atom stereocenters. The maximum Gasteiger partial charge on any atom is 0.524 e. The normalized spacial score (nSPS) is 16.3. The molecule has 83 heavy (non-hydrogen) atoms. The second-order valence-electron chi connectivity index (χ2n) is 21.1. The fourth-order valence-corrected chi connectivity index (χ4v) is 11.7. The number of hydrogen-bond donors (Lipinski definition) is 7.